The van der Waals surface area contributed by atoms with Crippen LogP contribution in [0.15, 0.2) is 24.3 Å². The Kier molecular flexibility index (Phi) is 4.14. The van der Waals surface area contributed by atoms with Gasteiger partial charge in [0.15, 0.2) is 0 Å². The van der Waals surface area contributed by atoms with Gasteiger partial charge in [0, 0.05) is 5.56 Å². The third kappa shape index (κ3) is 2.85. The summed E-state index contributed by atoms with van der Waals surface area (Å²) in [4.78, 5) is 0. The van der Waals surface area contributed by atoms with Crippen LogP contribution in [0.3, 0.4) is 0 Å². The SMILES string of the molecule is N#CC(c1ccccc1F)C1CCCCCC1. The zero-order valence-corrected chi connectivity index (χ0v) is 10.0. The van der Waals surface area contributed by atoms with Crippen LogP contribution in [0.5, 0.6) is 0 Å². The third-order valence-electron chi connectivity index (χ3n) is 3.75. The summed E-state index contributed by atoms with van der Waals surface area (Å²) in [7, 11) is 0. The summed E-state index contributed by atoms with van der Waals surface area (Å²) in [5, 5.41) is 9.33. The van der Waals surface area contributed by atoms with Gasteiger partial charge < -0.3 is 0 Å². The lowest BCUT2D eigenvalue weighted by Crippen LogP contribution is -2.12. The van der Waals surface area contributed by atoms with Crippen molar-refractivity contribution in [3.8, 4) is 6.07 Å². The molecule has 0 amide bonds. The zero-order valence-electron chi connectivity index (χ0n) is 10.0. The average molecular weight is 231 g/mol. The van der Waals surface area contributed by atoms with E-state index in [1.165, 1.54) is 31.7 Å². The fourth-order valence-corrected chi connectivity index (χ4v) is 2.80. The molecule has 1 atom stereocenters. The van der Waals surface area contributed by atoms with E-state index in [-0.39, 0.29) is 11.7 Å². The summed E-state index contributed by atoms with van der Waals surface area (Å²) < 4.78 is 13.7. The number of rotatable bonds is 2. The van der Waals surface area contributed by atoms with Crippen LogP contribution in [0, 0.1) is 23.1 Å². The molecule has 0 bridgehead atoms. The molecule has 0 spiro atoms. The van der Waals surface area contributed by atoms with Gasteiger partial charge in [0.1, 0.15) is 5.82 Å². The van der Waals surface area contributed by atoms with E-state index in [9.17, 15) is 9.65 Å². The third-order valence-corrected chi connectivity index (χ3v) is 3.75. The molecule has 2 heteroatoms. The number of benzene rings is 1. The second-order valence-electron chi connectivity index (χ2n) is 4.88. The lowest BCUT2D eigenvalue weighted by atomic mass is 9.82. The topological polar surface area (TPSA) is 23.8 Å². The van der Waals surface area contributed by atoms with Crippen molar-refractivity contribution in [3.63, 3.8) is 0 Å². The van der Waals surface area contributed by atoms with Gasteiger partial charge in [0.2, 0.25) is 0 Å². The molecule has 0 saturated heterocycles. The van der Waals surface area contributed by atoms with Crippen LogP contribution in [0.4, 0.5) is 4.39 Å². The fourth-order valence-electron chi connectivity index (χ4n) is 2.80. The molecule has 0 N–H and O–H groups in total. The number of halogens is 1. The molecule has 0 heterocycles. The minimum absolute atomic E-state index is 0.233. The molecule has 1 aliphatic carbocycles. The molecule has 1 aromatic rings. The van der Waals surface area contributed by atoms with E-state index in [0.717, 1.165) is 12.8 Å². The summed E-state index contributed by atoms with van der Waals surface area (Å²) in [5.41, 5.74) is 0.585. The van der Waals surface area contributed by atoms with Gasteiger partial charge in [-0.1, -0.05) is 43.9 Å². The maximum Gasteiger partial charge on any atom is 0.127 e. The highest BCUT2D eigenvalue weighted by molar-refractivity contribution is 5.27. The van der Waals surface area contributed by atoms with E-state index in [2.05, 4.69) is 6.07 Å². The molecule has 1 aromatic carbocycles. The number of hydrogen-bond donors (Lipinski definition) is 0. The first-order chi connectivity index (χ1) is 8.33. The number of nitriles is 1. The van der Waals surface area contributed by atoms with E-state index in [1.807, 2.05) is 6.07 Å². The Balaban J connectivity index is 2.21. The maximum atomic E-state index is 13.7. The van der Waals surface area contributed by atoms with Crippen molar-refractivity contribution in [1.29, 1.82) is 5.26 Å². The van der Waals surface area contributed by atoms with Gasteiger partial charge in [-0.25, -0.2) is 4.39 Å². The van der Waals surface area contributed by atoms with E-state index >= 15 is 0 Å². The van der Waals surface area contributed by atoms with Crippen molar-refractivity contribution in [1.82, 2.24) is 0 Å². The number of hydrogen-bond acceptors (Lipinski definition) is 1. The largest absolute Gasteiger partial charge is 0.207 e. The van der Waals surface area contributed by atoms with Crippen LogP contribution in [0.1, 0.15) is 50.0 Å². The van der Waals surface area contributed by atoms with Crippen molar-refractivity contribution < 1.29 is 4.39 Å². The fraction of sp³-hybridized carbons (Fsp3) is 0.533. The molecule has 1 unspecified atom stereocenters. The van der Waals surface area contributed by atoms with Crippen LogP contribution in [-0.4, -0.2) is 0 Å². The highest BCUT2D eigenvalue weighted by atomic mass is 19.1. The van der Waals surface area contributed by atoms with E-state index in [4.69, 9.17) is 0 Å². The molecule has 2 rings (SSSR count). The molecule has 17 heavy (non-hydrogen) atoms. The Morgan fingerprint density at radius 3 is 2.35 bits per heavy atom. The Hall–Kier alpha value is -1.36. The Labute approximate surface area is 102 Å². The van der Waals surface area contributed by atoms with Crippen LogP contribution in [0.2, 0.25) is 0 Å². The van der Waals surface area contributed by atoms with Crippen LogP contribution in [0.25, 0.3) is 0 Å². The zero-order chi connectivity index (χ0) is 12.1. The molecule has 0 aromatic heterocycles. The lowest BCUT2D eigenvalue weighted by molar-refractivity contribution is 0.415. The molecule has 1 fully saturated rings. The molecular weight excluding hydrogens is 213 g/mol. The lowest BCUT2D eigenvalue weighted by Gasteiger charge is -2.20. The summed E-state index contributed by atoms with van der Waals surface area (Å²) in [6.07, 6.45) is 6.99. The first-order valence-corrected chi connectivity index (χ1v) is 6.47. The van der Waals surface area contributed by atoms with Gasteiger partial charge in [0.25, 0.3) is 0 Å². The monoisotopic (exact) mass is 231 g/mol. The summed E-state index contributed by atoms with van der Waals surface area (Å²) in [6, 6.07) is 9.03. The highest BCUT2D eigenvalue weighted by Gasteiger charge is 2.25. The van der Waals surface area contributed by atoms with Crippen LogP contribution < -0.4 is 0 Å². The van der Waals surface area contributed by atoms with Gasteiger partial charge in [0.05, 0.1) is 12.0 Å². The van der Waals surface area contributed by atoms with Crippen molar-refractivity contribution in [2.45, 2.75) is 44.4 Å². The van der Waals surface area contributed by atoms with Crippen molar-refractivity contribution in [2.24, 2.45) is 5.92 Å². The molecule has 90 valence electrons. The van der Waals surface area contributed by atoms with Crippen LogP contribution >= 0.6 is 0 Å². The predicted octanol–water partition coefficient (Wildman–Crippen LogP) is 4.40. The van der Waals surface area contributed by atoms with E-state index < -0.39 is 0 Å². The summed E-state index contributed by atoms with van der Waals surface area (Å²) in [5.74, 6) is -0.169. The van der Waals surface area contributed by atoms with Crippen LogP contribution in [-0.2, 0) is 0 Å². The minimum atomic E-state index is -0.269. The van der Waals surface area contributed by atoms with Gasteiger partial charge in [-0.3, -0.25) is 0 Å². The van der Waals surface area contributed by atoms with Crippen molar-refractivity contribution in [3.05, 3.63) is 35.6 Å². The van der Waals surface area contributed by atoms with E-state index in [1.54, 1.807) is 12.1 Å². The Morgan fingerprint density at radius 2 is 1.76 bits per heavy atom. The quantitative estimate of drug-likeness (QED) is 0.692. The van der Waals surface area contributed by atoms with E-state index in [0.29, 0.717) is 11.5 Å². The smallest absolute Gasteiger partial charge is 0.127 e. The second-order valence-corrected chi connectivity index (χ2v) is 4.88. The standard InChI is InChI=1S/C15H18FN/c16-15-10-6-5-9-13(15)14(11-17)12-7-3-1-2-4-8-12/h5-6,9-10,12,14H,1-4,7-8H2. The summed E-state index contributed by atoms with van der Waals surface area (Å²) in [6.45, 7) is 0. The Morgan fingerprint density at radius 1 is 1.12 bits per heavy atom. The first kappa shape index (κ1) is 12.1. The van der Waals surface area contributed by atoms with Gasteiger partial charge in [-0.15, -0.1) is 0 Å². The predicted molar refractivity (Wildman–Crippen MR) is 65.9 cm³/mol. The maximum absolute atomic E-state index is 13.7. The average Bonchev–Trinajstić information content (AvgIpc) is 2.62. The Bertz CT molecular complexity index is 400. The second kappa shape index (κ2) is 5.82. The summed E-state index contributed by atoms with van der Waals surface area (Å²) >= 11 is 0. The molecule has 1 saturated carbocycles. The first-order valence-electron chi connectivity index (χ1n) is 6.47. The number of nitrogens with zero attached hydrogens (tertiary/aromatic N) is 1. The molecule has 0 radical (unpaired) electrons. The minimum Gasteiger partial charge on any atom is -0.207 e. The normalized spacial score (nSPS) is 19.3. The molecular formula is C15H18FN. The van der Waals surface area contributed by atoms with Crippen molar-refractivity contribution in [2.75, 3.05) is 0 Å². The van der Waals surface area contributed by atoms with Crippen molar-refractivity contribution >= 4 is 0 Å². The van der Waals surface area contributed by atoms with Gasteiger partial charge in [-0.05, 0) is 24.8 Å². The highest BCUT2D eigenvalue weighted by Crippen LogP contribution is 2.35. The molecule has 0 aliphatic heterocycles. The van der Waals surface area contributed by atoms with Gasteiger partial charge in [-0.2, -0.15) is 5.26 Å². The van der Waals surface area contributed by atoms with Gasteiger partial charge >= 0.3 is 0 Å². The molecule has 1 nitrogen and oxygen atoms in total. The molecule has 1 aliphatic rings.